The second kappa shape index (κ2) is 8.69. The van der Waals surface area contributed by atoms with Crippen molar-refractivity contribution in [2.45, 2.75) is 17.9 Å². The van der Waals surface area contributed by atoms with E-state index in [0.717, 1.165) is 0 Å². The Balaban J connectivity index is 1.60. The third-order valence-corrected chi connectivity index (χ3v) is 6.78. The predicted octanol–water partition coefficient (Wildman–Crippen LogP) is 3.29. The number of piperazine rings is 1. The van der Waals surface area contributed by atoms with E-state index in [9.17, 15) is 13.2 Å². The molecular weight excluding hydrogens is 423 g/mol. The minimum atomic E-state index is -3.55. The van der Waals surface area contributed by atoms with Crippen molar-refractivity contribution in [3.05, 3.63) is 58.6 Å². The molecule has 0 radical (unpaired) electrons. The minimum absolute atomic E-state index is 0.215. The van der Waals surface area contributed by atoms with Crippen molar-refractivity contribution in [2.24, 2.45) is 0 Å². The van der Waals surface area contributed by atoms with Crippen LogP contribution in [0.2, 0.25) is 10.0 Å². The van der Waals surface area contributed by atoms with Crippen LogP contribution in [0.3, 0.4) is 0 Å². The molecular formula is C19H20Cl2N2O4S. The van der Waals surface area contributed by atoms with Gasteiger partial charge in [-0.25, -0.2) is 8.42 Å². The summed E-state index contributed by atoms with van der Waals surface area (Å²) in [6, 6.07) is 13.0. The highest BCUT2D eigenvalue weighted by atomic mass is 35.5. The van der Waals surface area contributed by atoms with E-state index in [1.807, 2.05) is 0 Å². The molecule has 9 heteroatoms. The molecule has 150 valence electrons. The fourth-order valence-electron chi connectivity index (χ4n) is 3.00. The van der Waals surface area contributed by atoms with Gasteiger partial charge in [-0.15, -0.1) is 0 Å². The molecule has 1 aliphatic heterocycles. The van der Waals surface area contributed by atoms with E-state index in [4.69, 9.17) is 27.9 Å². The first-order chi connectivity index (χ1) is 13.3. The molecule has 6 nitrogen and oxygen atoms in total. The maximum atomic E-state index is 12.7. The van der Waals surface area contributed by atoms with Crippen LogP contribution in [-0.2, 0) is 14.8 Å². The number of halogens is 2. The Morgan fingerprint density at radius 2 is 1.57 bits per heavy atom. The van der Waals surface area contributed by atoms with Crippen LogP contribution < -0.4 is 4.74 Å². The van der Waals surface area contributed by atoms with Crippen LogP contribution in [-0.4, -0.2) is 55.8 Å². The zero-order chi connectivity index (χ0) is 20.3. The first-order valence-corrected chi connectivity index (χ1v) is 10.9. The van der Waals surface area contributed by atoms with Crippen molar-refractivity contribution in [2.75, 3.05) is 26.2 Å². The number of benzene rings is 2. The lowest BCUT2D eigenvalue weighted by atomic mass is 10.2. The Morgan fingerprint density at radius 3 is 2.14 bits per heavy atom. The van der Waals surface area contributed by atoms with E-state index in [-0.39, 0.29) is 23.9 Å². The Morgan fingerprint density at radius 1 is 1.00 bits per heavy atom. The van der Waals surface area contributed by atoms with Crippen molar-refractivity contribution >= 4 is 39.1 Å². The van der Waals surface area contributed by atoms with Gasteiger partial charge < -0.3 is 9.64 Å². The van der Waals surface area contributed by atoms with Gasteiger partial charge >= 0.3 is 0 Å². The lowest BCUT2D eigenvalue weighted by Gasteiger charge is -2.35. The van der Waals surface area contributed by atoms with E-state index in [1.54, 1.807) is 60.4 Å². The third kappa shape index (κ3) is 4.78. The Kier molecular flexibility index (Phi) is 6.50. The minimum Gasteiger partial charge on any atom is -0.481 e. The quantitative estimate of drug-likeness (QED) is 0.712. The van der Waals surface area contributed by atoms with Gasteiger partial charge in [0.25, 0.3) is 5.91 Å². The Labute approximate surface area is 174 Å². The molecule has 1 atom stereocenters. The molecule has 28 heavy (non-hydrogen) atoms. The first-order valence-electron chi connectivity index (χ1n) is 8.74. The average Bonchev–Trinajstić information content (AvgIpc) is 2.67. The Hall–Kier alpha value is -1.80. The van der Waals surface area contributed by atoms with Crippen molar-refractivity contribution < 1.29 is 17.9 Å². The summed E-state index contributed by atoms with van der Waals surface area (Å²) in [5.41, 5.74) is 0. The number of hydrogen-bond acceptors (Lipinski definition) is 4. The predicted molar refractivity (Wildman–Crippen MR) is 108 cm³/mol. The van der Waals surface area contributed by atoms with Crippen molar-refractivity contribution in [3.8, 4) is 5.75 Å². The Bertz CT molecular complexity index is 925. The molecule has 1 fully saturated rings. The molecule has 1 amide bonds. The second-order valence-corrected chi connectivity index (χ2v) is 9.22. The first kappa shape index (κ1) is 20.9. The van der Waals surface area contributed by atoms with Crippen molar-refractivity contribution in [1.29, 1.82) is 0 Å². The number of rotatable bonds is 5. The van der Waals surface area contributed by atoms with Crippen LogP contribution >= 0.6 is 23.2 Å². The zero-order valence-corrected chi connectivity index (χ0v) is 17.5. The van der Waals surface area contributed by atoms with E-state index in [0.29, 0.717) is 28.9 Å². The molecule has 0 unspecified atom stereocenters. The van der Waals surface area contributed by atoms with Gasteiger partial charge in [0.1, 0.15) is 5.75 Å². The number of sulfonamides is 1. The number of nitrogens with zero attached hydrogens (tertiary/aromatic N) is 2. The molecule has 2 aromatic rings. The molecule has 0 saturated carbocycles. The molecule has 0 N–H and O–H groups in total. The molecule has 3 rings (SSSR count). The van der Waals surface area contributed by atoms with Crippen LogP contribution in [0.25, 0.3) is 0 Å². The average molecular weight is 443 g/mol. The summed E-state index contributed by atoms with van der Waals surface area (Å²) < 4.78 is 32.4. The smallest absolute Gasteiger partial charge is 0.263 e. The van der Waals surface area contributed by atoms with Gasteiger partial charge in [-0.2, -0.15) is 4.31 Å². The summed E-state index contributed by atoms with van der Waals surface area (Å²) in [7, 11) is -3.55. The number of amides is 1. The van der Waals surface area contributed by atoms with Gasteiger partial charge in [-0.1, -0.05) is 41.4 Å². The summed E-state index contributed by atoms with van der Waals surface area (Å²) >= 11 is 11.9. The highest BCUT2D eigenvalue weighted by Crippen LogP contribution is 2.25. The van der Waals surface area contributed by atoms with E-state index in [1.165, 1.54) is 4.31 Å². The molecule has 2 aromatic carbocycles. The number of hydrogen-bond donors (Lipinski definition) is 0. The summed E-state index contributed by atoms with van der Waals surface area (Å²) in [4.78, 5) is 14.5. The van der Waals surface area contributed by atoms with Gasteiger partial charge in [-0.3, -0.25) is 4.79 Å². The van der Waals surface area contributed by atoms with Gasteiger partial charge in [0.05, 0.1) is 4.90 Å². The topological polar surface area (TPSA) is 66.9 Å². The maximum Gasteiger partial charge on any atom is 0.263 e. The number of carbonyl (C=O) groups is 1. The van der Waals surface area contributed by atoms with E-state index in [2.05, 4.69) is 0 Å². The summed E-state index contributed by atoms with van der Waals surface area (Å²) in [6.07, 6.45) is -0.744. The highest BCUT2D eigenvalue weighted by Gasteiger charge is 2.31. The van der Waals surface area contributed by atoms with Crippen LogP contribution in [0.5, 0.6) is 5.75 Å². The molecule has 1 heterocycles. The van der Waals surface area contributed by atoms with Crippen LogP contribution in [0.15, 0.2) is 53.4 Å². The molecule has 0 aliphatic carbocycles. The summed E-state index contributed by atoms with van der Waals surface area (Å²) in [5.74, 6) is 0.191. The zero-order valence-electron chi connectivity index (χ0n) is 15.2. The standard InChI is InChI=1S/C19H20Cl2N2O4S/c1-14(27-17-12-15(20)11-16(21)13-17)19(24)22-7-9-23(10-8-22)28(25,26)18-5-3-2-4-6-18/h2-6,11-14H,7-10H2,1H3/t14-/m1/s1. The third-order valence-electron chi connectivity index (χ3n) is 4.43. The lowest BCUT2D eigenvalue weighted by molar-refractivity contribution is -0.139. The SMILES string of the molecule is C[C@@H](Oc1cc(Cl)cc(Cl)c1)C(=O)N1CCN(S(=O)(=O)c2ccccc2)CC1. The molecule has 0 bridgehead atoms. The van der Waals surface area contributed by atoms with Crippen molar-refractivity contribution in [1.82, 2.24) is 9.21 Å². The van der Waals surface area contributed by atoms with Crippen molar-refractivity contribution in [3.63, 3.8) is 0 Å². The lowest BCUT2D eigenvalue weighted by Crippen LogP contribution is -2.53. The van der Waals surface area contributed by atoms with Crippen LogP contribution in [0, 0.1) is 0 Å². The molecule has 0 spiro atoms. The molecule has 1 saturated heterocycles. The van der Waals surface area contributed by atoms with E-state index < -0.39 is 16.1 Å². The van der Waals surface area contributed by atoms with Crippen LogP contribution in [0.1, 0.15) is 6.92 Å². The number of carbonyl (C=O) groups excluding carboxylic acids is 1. The van der Waals surface area contributed by atoms with Gasteiger partial charge in [-0.05, 0) is 37.3 Å². The van der Waals surface area contributed by atoms with E-state index >= 15 is 0 Å². The fourth-order valence-corrected chi connectivity index (χ4v) is 4.95. The molecule has 0 aromatic heterocycles. The van der Waals surface area contributed by atoms with Crippen LogP contribution in [0.4, 0.5) is 0 Å². The maximum absolute atomic E-state index is 12.7. The monoisotopic (exact) mass is 442 g/mol. The largest absolute Gasteiger partial charge is 0.481 e. The molecule has 1 aliphatic rings. The number of ether oxygens (including phenoxy) is 1. The summed E-state index contributed by atoms with van der Waals surface area (Å²) in [5, 5.41) is 0.837. The normalized spacial score (nSPS) is 16.6. The summed E-state index contributed by atoms with van der Waals surface area (Å²) in [6.45, 7) is 2.71. The fraction of sp³-hybridized carbons (Fsp3) is 0.316. The van der Waals surface area contributed by atoms with Gasteiger partial charge in [0, 0.05) is 36.2 Å². The highest BCUT2D eigenvalue weighted by molar-refractivity contribution is 7.89. The van der Waals surface area contributed by atoms with Gasteiger partial charge in [0.15, 0.2) is 6.10 Å². The second-order valence-electron chi connectivity index (χ2n) is 6.41. The van der Waals surface area contributed by atoms with Gasteiger partial charge in [0.2, 0.25) is 10.0 Å².